The fourth-order valence-corrected chi connectivity index (χ4v) is 2.59. The van der Waals surface area contributed by atoms with Gasteiger partial charge >= 0.3 is 0 Å². The largest absolute Gasteiger partial charge is 0.481 e. The van der Waals surface area contributed by atoms with E-state index in [0.29, 0.717) is 18.0 Å². The van der Waals surface area contributed by atoms with Crippen molar-refractivity contribution in [3.63, 3.8) is 0 Å². The molecular weight excluding hydrogens is 318 g/mol. The molecule has 1 heterocycles. The molecule has 23 heavy (non-hydrogen) atoms. The summed E-state index contributed by atoms with van der Waals surface area (Å²) in [6, 6.07) is 9.19. The molecule has 0 aliphatic carbocycles. The van der Waals surface area contributed by atoms with Crippen molar-refractivity contribution in [2.24, 2.45) is 0 Å². The van der Waals surface area contributed by atoms with E-state index in [1.165, 1.54) is 38.4 Å². The molecule has 0 aliphatic heterocycles. The molecule has 1 aromatic heterocycles. The van der Waals surface area contributed by atoms with E-state index >= 15 is 0 Å². The van der Waals surface area contributed by atoms with Gasteiger partial charge in [-0.2, -0.15) is 0 Å². The van der Waals surface area contributed by atoms with Gasteiger partial charge in [0.25, 0.3) is 5.91 Å². The molecule has 0 atom stereocenters. The molecule has 0 spiro atoms. The lowest BCUT2D eigenvalue weighted by molar-refractivity contribution is 0.0950. The minimum absolute atomic E-state index is 0.107. The Morgan fingerprint density at radius 1 is 1.22 bits per heavy atom. The van der Waals surface area contributed by atoms with Crippen LogP contribution in [0.2, 0.25) is 0 Å². The molecule has 8 heteroatoms. The normalized spacial score (nSPS) is 11.0. The monoisotopic (exact) mass is 335 g/mol. The Morgan fingerprint density at radius 3 is 2.52 bits per heavy atom. The smallest absolute Gasteiger partial charge is 0.251 e. The van der Waals surface area contributed by atoms with E-state index in [9.17, 15) is 13.2 Å². The Morgan fingerprint density at radius 2 is 1.91 bits per heavy atom. The van der Waals surface area contributed by atoms with Gasteiger partial charge < -0.3 is 10.1 Å². The summed E-state index contributed by atoms with van der Waals surface area (Å²) in [5.41, 5.74) is 1.22. The SMILES string of the molecule is CNS(=O)(=O)c1ccc(C(=O)NCc2ccnc(OC)c2)cc1. The van der Waals surface area contributed by atoms with Gasteiger partial charge in [-0.05, 0) is 42.9 Å². The molecule has 2 rings (SSSR count). The van der Waals surface area contributed by atoms with Crippen molar-refractivity contribution in [3.8, 4) is 5.88 Å². The van der Waals surface area contributed by atoms with Crippen LogP contribution in [0.4, 0.5) is 0 Å². The van der Waals surface area contributed by atoms with Crippen LogP contribution in [0.25, 0.3) is 0 Å². The van der Waals surface area contributed by atoms with Crippen molar-refractivity contribution in [1.29, 1.82) is 0 Å². The molecule has 0 saturated carbocycles. The Bertz CT molecular complexity index is 789. The van der Waals surface area contributed by atoms with Gasteiger partial charge in [0.2, 0.25) is 15.9 Å². The summed E-state index contributed by atoms with van der Waals surface area (Å²) in [7, 11) is -0.655. The van der Waals surface area contributed by atoms with Gasteiger partial charge in [0.1, 0.15) is 0 Å². The zero-order chi connectivity index (χ0) is 16.9. The van der Waals surface area contributed by atoms with Crippen molar-refractivity contribution in [3.05, 3.63) is 53.7 Å². The number of ether oxygens (including phenoxy) is 1. The number of methoxy groups -OCH3 is 1. The maximum Gasteiger partial charge on any atom is 0.251 e. The summed E-state index contributed by atoms with van der Waals surface area (Å²) in [4.78, 5) is 16.2. The first-order valence-electron chi connectivity index (χ1n) is 6.77. The van der Waals surface area contributed by atoms with Crippen LogP contribution in [0.3, 0.4) is 0 Å². The molecular formula is C15H17N3O4S. The number of hydrogen-bond donors (Lipinski definition) is 2. The number of nitrogens with zero attached hydrogens (tertiary/aromatic N) is 1. The topological polar surface area (TPSA) is 97.4 Å². The van der Waals surface area contributed by atoms with Crippen molar-refractivity contribution < 1.29 is 17.9 Å². The third-order valence-electron chi connectivity index (χ3n) is 3.16. The molecule has 0 fully saturated rings. The Labute approximate surface area is 134 Å². The third-order valence-corrected chi connectivity index (χ3v) is 4.59. The van der Waals surface area contributed by atoms with Gasteiger partial charge in [-0.1, -0.05) is 0 Å². The molecule has 0 bridgehead atoms. The fourth-order valence-electron chi connectivity index (χ4n) is 1.86. The van der Waals surface area contributed by atoms with Gasteiger partial charge in [-0.15, -0.1) is 0 Å². The lowest BCUT2D eigenvalue weighted by Crippen LogP contribution is -2.23. The summed E-state index contributed by atoms with van der Waals surface area (Å²) < 4.78 is 30.5. The van der Waals surface area contributed by atoms with Crippen LogP contribution in [0.15, 0.2) is 47.5 Å². The number of carbonyl (C=O) groups is 1. The Kier molecular flexibility index (Phi) is 5.30. The summed E-state index contributed by atoms with van der Waals surface area (Å²) in [5.74, 6) is 0.174. The number of rotatable bonds is 6. The van der Waals surface area contributed by atoms with Crippen LogP contribution in [-0.2, 0) is 16.6 Å². The number of carbonyl (C=O) groups excluding carboxylic acids is 1. The molecule has 0 saturated heterocycles. The predicted molar refractivity (Wildman–Crippen MR) is 84.6 cm³/mol. The quantitative estimate of drug-likeness (QED) is 0.818. The summed E-state index contributed by atoms with van der Waals surface area (Å²) in [5, 5.41) is 2.75. The van der Waals surface area contributed by atoms with Crippen LogP contribution in [-0.4, -0.2) is 33.5 Å². The van der Waals surface area contributed by atoms with Crippen molar-refractivity contribution in [1.82, 2.24) is 15.0 Å². The second-order valence-electron chi connectivity index (χ2n) is 4.62. The maximum absolute atomic E-state index is 12.1. The Hall–Kier alpha value is -2.45. The van der Waals surface area contributed by atoms with Gasteiger partial charge in [-0.25, -0.2) is 18.1 Å². The minimum Gasteiger partial charge on any atom is -0.481 e. The van der Waals surface area contributed by atoms with Crippen molar-refractivity contribution in [2.75, 3.05) is 14.2 Å². The Balaban J connectivity index is 2.03. The average molecular weight is 335 g/mol. The lowest BCUT2D eigenvalue weighted by atomic mass is 10.2. The second-order valence-corrected chi connectivity index (χ2v) is 6.51. The standard InChI is InChI=1S/C15H17N3O4S/c1-16-23(20,21)13-5-3-12(4-6-13)15(19)18-10-11-7-8-17-14(9-11)22-2/h3-9,16H,10H2,1-2H3,(H,18,19). The summed E-state index contributed by atoms with van der Waals surface area (Å²) in [6.45, 7) is 0.314. The predicted octanol–water partition coefficient (Wildman–Crippen LogP) is 0.928. The van der Waals surface area contributed by atoms with Crippen molar-refractivity contribution >= 4 is 15.9 Å². The first kappa shape index (κ1) is 16.9. The molecule has 2 N–H and O–H groups in total. The van der Waals surface area contributed by atoms with Gasteiger partial charge in [0, 0.05) is 24.4 Å². The van der Waals surface area contributed by atoms with E-state index in [1.54, 1.807) is 18.3 Å². The number of aromatic nitrogens is 1. The van der Waals surface area contributed by atoms with E-state index in [4.69, 9.17) is 4.74 Å². The zero-order valence-corrected chi connectivity index (χ0v) is 13.6. The summed E-state index contributed by atoms with van der Waals surface area (Å²) >= 11 is 0. The minimum atomic E-state index is -3.51. The number of amides is 1. The van der Waals surface area contributed by atoms with E-state index in [2.05, 4.69) is 15.0 Å². The third kappa shape index (κ3) is 4.27. The molecule has 0 aliphatic rings. The fraction of sp³-hybridized carbons (Fsp3) is 0.200. The van der Waals surface area contributed by atoms with Gasteiger partial charge in [-0.3, -0.25) is 4.79 Å². The van der Waals surface area contributed by atoms with E-state index in [0.717, 1.165) is 5.56 Å². The van der Waals surface area contributed by atoms with E-state index in [-0.39, 0.29) is 10.8 Å². The molecule has 2 aromatic rings. The number of sulfonamides is 1. The van der Waals surface area contributed by atoms with E-state index in [1.807, 2.05) is 0 Å². The highest BCUT2D eigenvalue weighted by Gasteiger charge is 2.12. The highest BCUT2D eigenvalue weighted by atomic mass is 32.2. The second kappa shape index (κ2) is 7.21. The van der Waals surface area contributed by atoms with Crippen LogP contribution < -0.4 is 14.8 Å². The van der Waals surface area contributed by atoms with Crippen LogP contribution >= 0.6 is 0 Å². The number of hydrogen-bond acceptors (Lipinski definition) is 5. The van der Waals surface area contributed by atoms with E-state index < -0.39 is 10.0 Å². The molecule has 1 amide bonds. The van der Waals surface area contributed by atoms with Crippen LogP contribution in [0, 0.1) is 0 Å². The molecule has 7 nitrogen and oxygen atoms in total. The lowest BCUT2D eigenvalue weighted by Gasteiger charge is -2.07. The molecule has 0 radical (unpaired) electrons. The van der Waals surface area contributed by atoms with Crippen LogP contribution in [0.5, 0.6) is 5.88 Å². The van der Waals surface area contributed by atoms with Crippen LogP contribution in [0.1, 0.15) is 15.9 Å². The number of benzene rings is 1. The van der Waals surface area contributed by atoms with Gasteiger partial charge in [0.15, 0.2) is 0 Å². The maximum atomic E-state index is 12.1. The number of pyridine rings is 1. The average Bonchev–Trinajstić information content (AvgIpc) is 2.60. The first-order chi connectivity index (χ1) is 11.0. The highest BCUT2D eigenvalue weighted by molar-refractivity contribution is 7.89. The highest BCUT2D eigenvalue weighted by Crippen LogP contribution is 2.11. The first-order valence-corrected chi connectivity index (χ1v) is 8.25. The molecule has 0 unspecified atom stereocenters. The van der Waals surface area contributed by atoms with Crippen molar-refractivity contribution in [2.45, 2.75) is 11.4 Å². The number of nitrogens with one attached hydrogen (secondary N) is 2. The zero-order valence-electron chi connectivity index (χ0n) is 12.7. The molecule has 122 valence electrons. The summed E-state index contributed by atoms with van der Waals surface area (Å²) in [6.07, 6.45) is 1.59. The van der Waals surface area contributed by atoms with Gasteiger partial charge in [0.05, 0.1) is 12.0 Å². The molecule has 1 aromatic carbocycles.